The minimum Gasteiger partial charge on any atom is -0.348 e. The number of aromatic nitrogens is 3. The molecular formula is C15H26N6O. The lowest BCUT2D eigenvalue weighted by atomic mass is 9.96. The van der Waals surface area contributed by atoms with E-state index in [4.69, 9.17) is 0 Å². The standard InChI is InChI=1S/C15H26N6O/c1-15(2,3)12(22)16-10-11-17-13(20(4)5)19-14(18-11)21-8-6-7-9-21/h6-10H2,1-5H3,(H,16,22). The Balaban J connectivity index is 2.17. The highest BCUT2D eigenvalue weighted by Crippen LogP contribution is 2.18. The van der Waals surface area contributed by atoms with Crippen LogP contribution in [0, 0.1) is 5.41 Å². The van der Waals surface area contributed by atoms with E-state index < -0.39 is 5.41 Å². The van der Waals surface area contributed by atoms with Crippen LogP contribution in [0.4, 0.5) is 11.9 Å². The fourth-order valence-electron chi connectivity index (χ4n) is 2.16. The fourth-order valence-corrected chi connectivity index (χ4v) is 2.16. The Morgan fingerprint density at radius 2 is 1.82 bits per heavy atom. The highest BCUT2D eigenvalue weighted by atomic mass is 16.2. The summed E-state index contributed by atoms with van der Waals surface area (Å²) < 4.78 is 0. The maximum Gasteiger partial charge on any atom is 0.230 e. The second-order valence-corrected chi connectivity index (χ2v) is 6.87. The minimum absolute atomic E-state index is 0.0120. The molecule has 1 amide bonds. The zero-order valence-corrected chi connectivity index (χ0v) is 14.2. The molecule has 0 bridgehead atoms. The van der Waals surface area contributed by atoms with Gasteiger partial charge in [0.25, 0.3) is 0 Å². The molecule has 1 saturated heterocycles. The summed E-state index contributed by atoms with van der Waals surface area (Å²) in [6.07, 6.45) is 2.33. The Morgan fingerprint density at radius 1 is 1.18 bits per heavy atom. The molecule has 1 aliphatic heterocycles. The first-order valence-corrected chi connectivity index (χ1v) is 7.73. The number of carbonyl (C=O) groups is 1. The van der Waals surface area contributed by atoms with E-state index >= 15 is 0 Å². The van der Waals surface area contributed by atoms with Crippen LogP contribution >= 0.6 is 0 Å². The summed E-state index contributed by atoms with van der Waals surface area (Å²) in [5.41, 5.74) is -0.421. The minimum atomic E-state index is -0.421. The molecule has 1 N–H and O–H groups in total. The van der Waals surface area contributed by atoms with Crippen LogP contribution in [0.2, 0.25) is 0 Å². The van der Waals surface area contributed by atoms with E-state index in [1.165, 1.54) is 12.8 Å². The van der Waals surface area contributed by atoms with Crippen LogP contribution in [-0.2, 0) is 11.3 Å². The van der Waals surface area contributed by atoms with Crippen LogP contribution in [0.15, 0.2) is 0 Å². The predicted octanol–water partition coefficient (Wildman–Crippen LogP) is 1.20. The Kier molecular flexibility index (Phi) is 4.83. The van der Waals surface area contributed by atoms with Crippen molar-refractivity contribution in [1.82, 2.24) is 20.3 Å². The fraction of sp³-hybridized carbons (Fsp3) is 0.733. The zero-order chi connectivity index (χ0) is 16.3. The normalized spacial score (nSPS) is 15.0. The molecule has 1 aromatic rings. The lowest BCUT2D eigenvalue weighted by molar-refractivity contribution is -0.128. The van der Waals surface area contributed by atoms with Crippen LogP contribution in [-0.4, -0.2) is 48.0 Å². The lowest BCUT2D eigenvalue weighted by Gasteiger charge is -2.20. The first-order valence-electron chi connectivity index (χ1n) is 7.73. The van der Waals surface area contributed by atoms with E-state index in [1.54, 1.807) is 0 Å². The van der Waals surface area contributed by atoms with Gasteiger partial charge >= 0.3 is 0 Å². The highest BCUT2D eigenvalue weighted by Gasteiger charge is 2.22. The number of nitrogens with one attached hydrogen (secondary N) is 1. The van der Waals surface area contributed by atoms with Crippen molar-refractivity contribution in [3.8, 4) is 0 Å². The third-order valence-electron chi connectivity index (χ3n) is 3.54. The number of hydrogen-bond donors (Lipinski definition) is 1. The molecule has 0 spiro atoms. The Labute approximate surface area is 132 Å². The number of amides is 1. The van der Waals surface area contributed by atoms with E-state index in [-0.39, 0.29) is 5.91 Å². The number of anilines is 2. The van der Waals surface area contributed by atoms with Gasteiger partial charge in [-0.1, -0.05) is 20.8 Å². The van der Waals surface area contributed by atoms with Gasteiger partial charge in [-0.3, -0.25) is 4.79 Å². The molecule has 0 aliphatic carbocycles. The molecule has 7 nitrogen and oxygen atoms in total. The van der Waals surface area contributed by atoms with Crippen LogP contribution in [0.1, 0.15) is 39.4 Å². The molecule has 0 aromatic carbocycles. The second-order valence-electron chi connectivity index (χ2n) is 6.87. The van der Waals surface area contributed by atoms with Crippen molar-refractivity contribution < 1.29 is 4.79 Å². The number of rotatable bonds is 4. The molecule has 0 unspecified atom stereocenters. The average molecular weight is 306 g/mol. The van der Waals surface area contributed by atoms with Gasteiger partial charge in [0.05, 0.1) is 6.54 Å². The highest BCUT2D eigenvalue weighted by molar-refractivity contribution is 5.81. The molecule has 0 radical (unpaired) electrons. The summed E-state index contributed by atoms with van der Waals surface area (Å²) in [5, 5.41) is 2.89. The van der Waals surface area contributed by atoms with Gasteiger partial charge in [-0.2, -0.15) is 15.0 Å². The van der Waals surface area contributed by atoms with Crippen LogP contribution in [0.25, 0.3) is 0 Å². The first-order chi connectivity index (χ1) is 10.3. The van der Waals surface area contributed by atoms with Gasteiger partial charge in [0, 0.05) is 32.6 Å². The summed E-state index contributed by atoms with van der Waals surface area (Å²) in [7, 11) is 3.81. The van der Waals surface area contributed by atoms with E-state index in [0.29, 0.717) is 24.3 Å². The molecule has 1 aromatic heterocycles. The van der Waals surface area contributed by atoms with Crippen LogP contribution in [0.3, 0.4) is 0 Å². The number of hydrogen-bond acceptors (Lipinski definition) is 6. The van der Waals surface area contributed by atoms with Crippen molar-refractivity contribution >= 4 is 17.8 Å². The third kappa shape index (κ3) is 4.05. The van der Waals surface area contributed by atoms with Gasteiger partial charge in [-0.25, -0.2) is 0 Å². The molecule has 2 heterocycles. The van der Waals surface area contributed by atoms with Gasteiger partial charge < -0.3 is 15.1 Å². The Morgan fingerprint density at radius 3 is 2.36 bits per heavy atom. The lowest BCUT2D eigenvalue weighted by Crippen LogP contribution is -2.35. The van der Waals surface area contributed by atoms with Crippen LogP contribution < -0.4 is 15.1 Å². The number of nitrogens with zero attached hydrogens (tertiary/aromatic N) is 5. The van der Waals surface area contributed by atoms with Crippen molar-refractivity contribution in [3.05, 3.63) is 5.82 Å². The predicted molar refractivity (Wildman–Crippen MR) is 86.9 cm³/mol. The monoisotopic (exact) mass is 306 g/mol. The number of carbonyl (C=O) groups excluding carboxylic acids is 1. The maximum atomic E-state index is 12.0. The molecule has 2 rings (SSSR count). The summed E-state index contributed by atoms with van der Waals surface area (Å²) in [6.45, 7) is 7.93. The largest absolute Gasteiger partial charge is 0.348 e. The molecule has 0 atom stereocenters. The summed E-state index contributed by atoms with van der Waals surface area (Å²) >= 11 is 0. The maximum absolute atomic E-state index is 12.0. The summed E-state index contributed by atoms with van der Waals surface area (Å²) in [4.78, 5) is 29.5. The van der Waals surface area contributed by atoms with Crippen molar-refractivity contribution in [1.29, 1.82) is 0 Å². The second kappa shape index (κ2) is 6.46. The molecular weight excluding hydrogens is 280 g/mol. The summed E-state index contributed by atoms with van der Waals surface area (Å²) in [6, 6.07) is 0. The Hall–Kier alpha value is -1.92. The molecule has 0 saturated carbocycles. The Bertz CT molecular complexity index is 531. The first kappa shape index (κ1) is 16.5. The topological polar surface area (TPSA) is 74.2 Å². The molecule has 122 valence electrons. The van der Waals surface area contributed by atoms with Gasteiger partial charge in [0.2, 0.25) is 17.8 Å². The zero-order valence-electron chi connectivity index (χ0n) is 14.2. The summed E-state index contributed by atoms with van der Waals surface area (Å²) in [5.74, 6) is 1.91. The molecule has 1 aliphatic rings. The van der Waals surface area contributed by atoms with E-state index in [1.807, 2.05) is 39.8 Å². The average Bonchev–Trinajstić information content (AvgIpc) is 2.97. The SMILES string of the molecule is CN(C)c1nc(CNC(=O)C(C)(C)C)nc(N2CCCC2)n1. The molecule has 1 fully saturated rings. The van der Waals surface area contributed by atoms with Crippen molar-refractivity contribution in [2.24, 2.45) is 5.41 Å². The van der Waals surface area contributed by atoms with Crippen LogP contribution in [0.5, 0.6) is 0 Å². The van der Waals surface area contributed by atoms with E-state index in [9.17, 15) is 4.79 Å². The van der Waals surface area contributed by atoms with Crippen molar-refractivity contribution in [2.75, 3.05) is 37.0 Å². The van der Waals surface area contributed by atoms with Gasteiger partial charge in [0.1, 0.15) is 0 Å². The third-order valence-corrected chi connectivity index (χ3v) is 3.54. The van der Waals surface area contributed by atoms with Gasteiger partial charge in [-0.15, -0.1) is 0 Å². The van der Waals surface area contributed by atoms with E-state index in [2.05, 4.69) is 25.2 Å². The van der Waals surface area contributed by atoms with Gasteiger partial charge in [0.15, 0.2) is 5.82 Å². The molecule has 22 heavy (non-hydrogen) atoms. The smallest absolute Gasteiger partial charge is 0.230 e. The van der Waals surface area contributed by atoms with Crippen molar-refractivity contribution in [3.63, 3.8) is 0 Å². The van der Waals surface area contributed by atoms with Crippen molar-refractivity contribution in [2.45, 2.75) is 40.2 Å². The van der Waals surface area contributed by atoms with Gasteiger partial charge in [-0.05, 0) is 12.8 Å². The molecule has 7 heteroatoms. The van der Waals surface area contributed by atoms with E-state index in [0.717, 1.165) is 13.1 Å². The quantitative estimate of drug-likeness (QED) is 0.901.